The Morgan fingerprint density at radius 2 is 1.60 bits per heavy atom. The first kappa shape index (κ1) is 18.7. The number of aryl methyl sites for hydroxylation is 1. The van der Waals surface area contributed by atoms with E-state index < -0.39 is 12.0 Å². The quantitative estimate of drug-likeness (QED) is 0.841. The van der Waals surface area contributed by atoms with E-state index in [0.717, 1.165) is 11.1 Å². The maximum atomic E-state index is 12.4. The average Bonchev–Trinajstić information content (AvgIpc) is 2.58. The predicted molar refractivity (Wildman–Crippen MR) is 98.8 cm³/mol. The zero-order valence-electron chi connectivity index (χ0n) is 15.0. The Hall–Kier alpha value is -2.62. The molecule has 2 N–H and O–H groups in total. The van der Waals surface area contributed by atoms with Crippen molar-refractivity contribution in [3.8, 4) is 0 Å². The van der Waals surface area contributed by atoms with E-state index in [9.17, 15) is 14.7 Å². The van der Waals surface area contributed by atoms with E-state index >= 15 is 0 Å². The summed E-state index contributed by atoms with van der Waals surface area (Å²) in [5.41, 5.74) is 2.66. The Balaban J connectivity index is 2.01. The van der Waals surface area contributed by atoms with Crippen LogP contribution >= 0.6 is 0 Å². The first-order chi connectivity index (χ1) is 11.8. The topological polar surface area (TPSA) is 66.4 Å². The molecule has 0 unspecified atom stereocenters. The van der Waals surface area contributed by atoms with Gasteiger partial charge in [-0.25, -0.2) is 4.79 Å². The van der Waals surface area contributed by atoms with Gasteiger partial charge in [-0.05, 0) is 41.5 Å². The first-order valence-electron chi connectivity index (χ1n) is 8.45. The highest BCUT2D eigenvalue weighted by Crippen LogP contribution is 2.22. The molecule has 25 heavy (non-hydrogen) atoms. The van der Waals surface area contributed by atoms with Crippen LogP contribution in [0.5, 0.6) is 0 Å². The summed E-state index contributed by atoms with van der Waals surface area (Å²) < 4.78 is 0. The molecule has 2 rings (SSSR count). The molecule has 0 saturated carbocycles. The van der Waals surface area contributed by atoms with E-state index in [4.69, 9.17) is 0 Å². The van der Waals surface area contributed by atoms with E-state index in [0.29, 0.717) is 18.4 Å². The molecule has 2 aromatic carbocycles. The molecular weight excluding hydrogens is 314 g/mol. The number of amides is 1. The van der Waals surface area contributed by atoms with Crippen LogP contribution in [0.2, 0.25) is 0 Å². The van der Waals surface area contributed by atoms with Gasteiger partial charge in [0.05, 0.1) is 0 Å². The van der Waals surface area contributed by atoms with E-state index in [-0.39, 0.29) is 11.3 Å². The summed E-state index contributed by atoms with van der Waals surface area (Å²) in [7, 11) is 0. The van der Waals surface area contributed by atoms with Crippen molar-refractivity contribution in [2.75, 3.05) is 0 Å². The van der Waals surface area contributed by atoms with Gasteiger partial charge in [-0.3, -0.25) is 4.79 Å². The van der Waals surface area contributed by atoms with Gasteiger partial charge < -0.3 is 10.4 Å². The van der Waals surface area contributed by atoms with Gasteiger partial charge in [0.25, 0.3) is 5.91 Å². The van der Waals surface area contributed by atoms with Crippen molar-refractivity contribution in [1.29, 1.82) is 0 Å². The van der Waals surface area contributed by atoms with Crippen LogP contribution in [0.4, 0.5) is 0 Å². The number of benzene rings is 2. The number of carboxylic acids is 1. The Morgan fingerprint density at radius 1 is 1.00 bits per heavy atom. The molecule has 132 valence electrons. The number of rotatable bonds is 6. The molecule has 0 aliphatic heterocycles. The molecule has 0 aromatic heterocycles. The Morgan fingerprint density at radius 3 is 2.12 bits per heavy atom. The number of carboxylic acid groups (broad SMARTS) is 1. The first-order valence-corrected chi connectivity index (χ1v) is 8.45. The minimum atomic E-state index is -1.02. The molecule has 0 fully saturated rings. The molecule has 0 saturated heterocycles. The lowest BCUT2D eigenvalue weighted by molar-refractivity contribution is -0.139. The molecule has 0 radical (unpaired) electrons. The Bertz CT molecular complexity index is 715. The fraction of sp³-hybridized carbons (Fsp3) is 0.333. The summed E-state index contributed by atoms with van der Waals surface area (Å²) in [6.45, 7) is 6.31. The summed E-state index contributed by atoms with van der Waals surface area (Å²) in [6, 6.07) is 16.1. The molecule has 4 nitrogen and oxygen atoms in total. The van der Waals surface area contributed by atoms with Crippen molar-refractivity contribution in [2.45, 2.75) is 45.1 Å². The molecule has 1 amide bonds. The molecule has 0 aliphatic rings. The molecule has 0 spiro atoms. The van der Waals surface area contributed by atoms with Crippen LogP contribution in [-0.4, -0.2) is 23.0 Å². The molecule has 0 aliphatic carbocycles. The van der Waals surface area contributed by atoms with Crippen LogP contribution in [0.15, 0.2) is 54.6 Å². The minimum absolute atomic E-state index is 0.00822. The third-order valence-electron chi connectivity index (χ3n) is 4.18. The van der Waals surface area contributed by atoms with Crippen molar-refractivity contribution in [3.05, 3.63) is 71.3 Å². The number of carbonyl (C=O) groups is 2. The standard InChI is InChI=1S/C21H25NO3/c1-21(2,3)17-12-10-16(11-13-17)19(23)22-18(20(24)25)14-9-15-7-5-4-6-8-15/h4-8,10-13,18H,9,14H2,1-3H3,(H,22,23)(H,24,25)/t18-/m1/s1. The van der Waals surface area contributed by atoms with Crippen molar-refractivity contribution >= 4 is 11.9 Å². The summed E-state index contributed by atoms with van der Waals surface area (Å²) in [5, 5.41) is 12.0. The lowest BCUT2D eigenvalue weighted by Crippen LogP contribution is -2.41. The number of hydrogen-bond donors (Lipinski definition) is 2. The summed E-state index contributed by atoms with van der Waals surface area (Å²) in [6.07, 6.45) is 0.951. The third kappa shape index (κ3) is 5.45. The van der Waals surface area contributed by atoms with Crippen molar-refractivity contribution in [2.24, 2.45) is 0 Å². The van der Waals surface area contributed by atoms with Crippen molar-refractivity contribution in [3.63, 3.8) is 0 Å². The van der Waals surface area contributed by atoms with Gasteiger partial charge in [-0.1, -0.05) is 63.2 Å². The summed E-state index contributed by atoms with van der Waals surface area (Å²) in [4.78, 5) is 23.8. The van der Waals surface area contributed by atoms with Crippen LogP contribution in [0.3, 0.4) is 0 Å². The highest BCUT2D eigenvalue weighted by atomic mass is 16.4. The normalized spacial score (nSPS) is 12.4. The number of carbonyl (C=O) groups excluding carboxylic acids is 1. The SMILES string of the molecule is CC(C)(C)c1ccc(C(=O)N[C@H](CCc2ccccc2)C(=O)O)cc1. The van der Waals surface area contributed by atoms with E-state index in [1.807, 2.05) is 42.5 Å². The maximum absolute atomic E-state index is 12.4. The van der Waals surface area contributed by atoms with Crippen molar-refractivity contribution < 1.29 is 14.7 Å². The molecule has 0 heterocycles. The zero-order valence-corrected chi connectivity index (χ0v) is 15.0. The average molecular weight is 339 g/mol. The zero-order chi connectivity index (χ0) is 18.4. The van der Waals surface area contributed by atoms with Gasteiger partial charge in [-0.15, -0.1) is 0 Å². The highest BCUT2D eigenvalue weighted by molar-refractivity contribution is 5.96. The van der Waals surface area contributed by atoms with Crippen LogP contribution in [-0.2, 0) is 16.6 Å². The second-order valence-corrected chi connectivity index (χ2v) is 7.22. The smallest absolute Gasteiger partial charge is 0.326 e. The van der Waals surface area contributed by atoms with Gasteiger partial charge in [0.15, 0.2) is 0 Å². The summed E-state index contributed by atoms with van der Waals surface area (Å²) >= 11 is 0. The van der Waals surface area contributed by atoms with Crippen LogP contribution in [0.25, 0.3) is 0 Å². The number of aliphatic carboxylic acids is 1. The van der Waals surface area contributed by atoms with Crippen LogP contribution < -0.4 is 5.32 Å². The van der Waals surface area contributed by atoms with Gasteiger partial charge in [0, 0.05) is 5.56 Å². The van der Waals surface area contributed by atoms with Crippen LogP contribution in [0, 0.1) is 0 Å². The second kappa shape index (κ2) is 7.97. The van der Waals surface area contributed by atoms with Crippen LogP contribution in [0.1, 0.15) is 48.7 Å². The fourth-order valence-corrected chi connectivity index (χ4v) is 2.58. The maximum Gasteiger partial charge on any atom is 0.326 e. The Labute approximate surface area is 148 Å². The lowest BCUT2D eigenvalue weighted by Gasteiger charge is -2.19. The second-order valence-electron chi connectivity index (χ2n) is 7.22. The van der Waals surface area contributed by atoms with E-state index in [1.54, 1.807) is 12.1 Å². The number of hydrogen-bond acceptors (Lipinski definition) is 2. The largest absolute Gasteiger partial charge is 0.480 e. The van der Waals surface area contributed by atoms with Crippen molar-refractivity contribution in [1.82, 2.24) is 5.32 Å². The minimum Gasteiger partial charge on any atom is -0.480 e. The monoisotopic (exact) mass is 339 g/mol. The third-order valence-corrected chi connectivity index (χ3v) is 4.18. The summed E-state index contributed by atoms with van der Waals surface area (Å²) in [5.74, 6) is -1.38. The van der Waals surface area contributed by atoms with Gasteiger partial charge >= 0.3 is 5.97 Å². The molecule has 0 bridgehead atoms. The van der Waals surface area contributed by atoms with Gasteiger partial charge in [-0.2, -0.15) is 0 Å². The van der Waals surface area contributed by atoms with Gasteiger partial charge in [0.2, 0.25) is 0 Å². The molecule has 2 aromatic rings. The lowest BCUT2D eigenvalue weighted by atomic mass is 9.86. The van der Waals surface area contributed by atoms with Gasteiger partial charge in [0.1, 0.15) is 6.04 Å². The predicted octanol–water partition coefficient (Wildman–Crippen LogP) is 3.80. The highest BCUT2D eigenvalue weighted by Gasteiger charge is 2.21. The number of nitrogens with one attached hydrogen (secondary N) is 1. The fourth-order valence-electron chi connectivity index (χ4n) is 2.58. The Kier molecular flexibility index (Phi) is 5.97. The molecular formula is C21H25NO3. The van der Waals surface area contributed by atoms with E-state index in [1.165, 1.54) is 0 Å². The van der Waals surface area contributed by atoms with E-state index in [2.05, 4.69) is 26.1 Å². The molecule has 1 atom stereocenters. The molecule has 4 heteroatoms.